The van der Waals surface area contributed by atoms with E-state index >= 15 is 0 Å². The molecule has 0 amide bonds. The summed E-state index contributed by atoms with van der Waals surface area (Å²) in [6, 6.07) is 0. The molecule has 1 aromatic heterocycles. The standard InChI is InChI=1S/C14H25N3O/c1-10(2)14-12(5-6-18-14)7-15-8-13-9-16-17(4)11(13)3/h9-10,12,14-15H,5-8H2,1-4H3/t12-,14-/m1/s1. The average Bonchev–Trinajstić information content (AvgIpc) is 2.91. The van der Waals surface area contributed by atoms with Crippen LogP contribution < -0.4 is 5.32 Å². The van der Waals surface area contributed by atoms with E-state index in [0.29, 0.717) is 17.9 Å². The second-order valence-electron chi connectivity index (χ2n) is 5.64. The lowest BCUT2D eigenvalue weighted by molar-refractivity contribution is 0.0539. The van der Waals surface area contributed by atoms with Crippen molar-refractivity contribution in [1.29, 1.82) is 0 Å². The third kappa shape index (κ3) is 2.93. The third-order valence-corrected chi connectivity index (χ3v) is 3.98. The van der Waals surface area contributed by atoms with Gasteiger partial charge in [-0.15, -0.1) is 0 Å². The maximum atomic E-state index is 5.80. The number of hydrogen-bond acceptors (Lipinski definition) is 3. The normalized spacial score (nSPS) is 24.1. The van der Waals surface area contributed by atoms with E-state index in [2.05, 4.69) is 31.2 Å². The van der Waals surface area contributed by atoms with Crippen LogP contribution in [-0.2, 0) is 18.3 Å². The molecule has 1 aliphatic heterocycles. The zero-order chi connectivity index (χ0) is 13.1. The molecule has 4 heteroatoms. The summed E-state index contributed by atoms with van der Waals surface area (Å²) in [6.07, 6.45) is 3.56. The topological polar surface area (TPSA) is 39.1 Å². The van der Waals surface area contributed by atoms with Crippen LogP contribution >= 0.6 is 0 Å². The molecule has 1 aliphatic rings. The Kier molecular flexibility index (Phi) is 4.40. The summed E-state index contributed by atoms with van der Waals surface area (Å²) in [7, 11) is 1.98. The maximum absolute atomic E-state index is 5.80. The zero-order valence-electron chi connectivity index (χ0n) is 11.9. The van der Waals surface area contributed by atoms with Gasteiger partial charge in [-0.3, -0.25) is 4.68 Å². The van der Waals surface area contributed by atoms with Crippen LogP contribution in [0.15, 0.2) is 6.20 Å². The number of nitrogens with one attached hydrogen (secondary N) is 1. The van der Waals surface area contributed by atoms with Gasteiger partial charge in [0.15, 0.2) is 0 Å². The predicted molar refractivity (Wildman–Crippen MR) is 72.3 cm³/mol. The van der Waals surface area contributed by atoms with E-state index in [1.807, 2.05) is 17.9 Å². The molecular formula is C14H25N3O. The molecule has 18 heavy (non-hydrogen) atoms. The van der Waals surface area contributed by atoms with Gasteiger partial charge in [-0.1, -0.05) is 13.8 Å². The van der Waals surface area contributed by atoms with E-state index in [1.165, 1.54) is 17.7 Å². The quantitative estimate of drug-likeness (QED) is 0.868. The Bertz CT molecular complexity index is 386. The van der Waals surface area contributed by atoms with Crippen molar-refractivity contribution >= 4 is 0 Å². The van der Waals surface area contributed by atoms with Crippen LogP contribution in [-0.4, -0.2) is 29.0 Å². The first kappa shape index (κ1) is 13.6. The SMILES string of the molecule is Cc1c(CNC[C@H]2CCO[C@@H]2C(C)C)cnn1C. The summed E-state index contributed by atoms with van der Waals surface area (Å²) < 4.78 is 7.72. The largest absolute Gasteiger partial charge is 0.378 e. The highest BCUT2D eigenvalue weighted by atomic mass is 16.5. The highest BCUT2D eigenvalue weighted by Crippen LogP contribution is 2.26. The summed E-state index contributed by atoms with van der Waals surface area (Å²) in [6.45, 7) is 9.46. The van der Waals surface area contributed by atoms with Crippen molar-refractivity contribution in [1.82, 2.24) is 15.1 Å². The van der Waals surface area contributed by atoms with Crippen LogP contribution in [0.1, 0.15) is 31.5 Å². The van der Waals surface area contributed by atoms with E-state index in [4.69, 9.17) is 4.74 Å². The number of hydrogen-bond donors (Lipinski definition) is 1. The molecule has 0 radical (unpaired) electrons. The fourth-order valence-electron chi connectivity index (χ4n) is 2.72. The summed E-state index contributed by atoms with van der Waals surface area (Å²) in [4.78, 5) is 0. The number of nitrogens with zero attached hydrogens (tertiary/aromatic N) is 2. The Morgan fingerprint density at radius 1 is 1.56 bits per heavy atom. The fourth-order valence-corrected chi connectivity index (χ4v) is 2.72. The average molecular weight is 251 g/mol. The molecule has 0 aromatic carbocycles. The monoisotopic (exact) mass is 251 g/mol. The number of aryl methyl sites for hydroxylation is 1. The van der Waals surface area contributed by atoms with Crippen molar-refractivity contribution in [3.05, 3.63) is 17.5 Å². The molecular weight excluding hydrogens is 226 g/mol. The Morgan fingerprint density at radius 2 is 2.33 bits per heavy atom. The minimum Gasteiger partial charge on any atom is -0.378 e. The van der Waals surface area contributed by atoms with Gasteiger partial charge in [0.1, 0.15) is 0 Å². The van der Waals surface area contributed by atoms with Gasteiger partial charge >= 0.3 is 0 Å². The van der Waals surface area contributed by atoms with Gasteiger partial charge in [-0.25, -0.2) is 0 Å². The van der Waals surface area contributed by atoms with Crippen LogP contribution in [0.2, 0.25) is 0 Å². The highest BCUT2D eigenvalue weighted by Gasteiger charge is 2.30. The molecule has 0 saturated carbocycles. The number of aromatic nitrogens is 2. The molecule has 1 N–H and O–H groups in total. The predicted octanol–water partition coefficient (Wildman–Crippen LogP) is 1.88. The number of ether oxygens (including phenoxy) is 1. The lowest BCUT2D eigenvalue weighted by Gasteiger charge is -2.22. The summed E-state index contributed by atoms with van der Waals surface area (Å²) in [5, 5.41) is 7.81. The molecule has 1 fully saturated rings. The van der Waals surface area contributed by atoms with Gasteiger partial charge in [0.25, 0.3) is 0 Å². The van der Waals surface area contributed by atoms with Crippen molar-refractivity contribution in [2.24, 2.45) is 18.9 Å². The van der Waals surface area contributed by atoms with Crippen LogP contribution in [0.25, 0.3) is 0 Å². The molecule has 0 bridgehead atoms. The van der Waals surface area contributed by atoms with Crippen molar-refractivity contribution < 1.29 is 4.74 Å². The third-order valence-electron chi connectivity index (χ3n) is 3.98. The zero-order valence-corrected chi connectivity index (χ0v) is 11.9. The lowest BCUT2D eigenvalue weighted by Crippen LogP contribution is -2.31. The first-order chi connectivity index (χ1) is 8.59. The molecule has 102 valence electrons. The van der Waals surface area contributed by atoms with Gasteiger partial charge in [0.2, 0.25) is 0 Å². The first-order valence-corrected chi connectivity index (χ1v) is 6.89. The van der Waals surface area contributed by atoms with Crippen LogP contribution in [0.3, 0.4) is 0 Å². The smallest absolute Gasteiger partial charge is 0.0639 e. The second-order valence-corrected chi connectivity index (χ2v) is 5.64. The Hall–Kier alpha value is -0.870. The Labute approximate surface area is 110 Å². The highest BCUT2D eigenvalue weighted by molar-refractivity contribution is 5.15. The Balaban J connectivity index is 1.80. The van der Waals surface area contributed by atoms with Crippen molar-refractivity contribution in [2.75, 3.05) is 13.2 Å². The minimum atomic E-state index is 0.424. The second kappa shape index (κ2) is 5.85. The molecule has 2 rings (SSSR count). The summed E-state index contributed by atoms with van der Waals surface area (Å²) in [5.74, 6) is 1.27. The van der Waals surface area contributed by atoms with Crippen LogP contribution in [0.5, 0.6) is 0 Å². The lowest BCUT2D eigenvalue weighted by atomic mass is 9.93. The van der Waals surface area contributed by atoms with E-state index in [0.717, 1.165) is 19.7 Å². The van der Waals surface area contributed by atoms with Crippen LogP contribution in [0.4, 0.5) is 0 Å². The molecule has 2 heterocycles. The van der Waals surface area contributed by atoms with Crippen LogP contribution in [0, 0.1) is 18.8 Å². The van der Waals surface area contributed by atoms with E-state index < -0.39 is 0 Å². The van der Waals surface area contributed by atoms with E-state index in [-0.39, 0.29) is 0 Å². The van der Waals surface area contributed by atoms with Gasteiger partial charge in [0.05, 0.1) is 12.3 Å². The molecule has 2 atom stereocenters. The fraction of sp³-hybridized carbons (Fsp3) is 0.786. The molecule has 0 spiro atoms. The molecule has 0 aliphatic carbocycles. The summed E-state index contributed by atoms with van der Waals surface area (Å²) >= 11 is 0. The first-order valence-electron chi connectivity index (χ1n) is 6.89. The Morgan fingerprint density at radius 3 is 2.94 bits per heavy atom. The number of rotatable bonds is 5. The molecule has 1 saturated heterocycles. The molecule has 1 aromatic rings. The maximum Gasteiger partial charge on any atom is 0.0639 e. The van der Waals surface area contributed by atoms with Gasteiger partial charge in [-0.05, 0) is 25.2 Å². The van der Waals surface area contributed by atoms with Crippen molar-refractivity contribution in [2.45, 2.75) is 39.8 Å². The molecule has 0 unspecified atom stereocenters. The van der Waals surface area contributed by atoms with Crippen molar-refractivity contribution in [3.8, 4) is 0 Å². The van der Waals surface area contributed by atoms with E-state index in [1.54, 1.807) is 0 Å². The van der Waals surface area contributed by atoms with Gasteiger partial charge < -0.3 is 10.1 Å². The van der Waals surface area contributed by atoms with E-state index in [9.17, 15) is 0 Å². The summed E-state index contributed by atoms with van der Waals surface area (Å²) in [5.41, 5.74) is 2.53. The molecule has 4 nitrogen and oxygen atoms in total. The minimum absolute atomic E-state index is 0.424. The van der Waals surface area contributed by atoms with Crippen molar-refractivity contribution in [3.63, 3.8) is 0 Å². The van der Waals surface area contributed by atoms with Gasteiger partial charge in [-0.2, -0.15) is 5.10 Å². The van der Waals surface area contributed by atoms with Gasteiger partial charge in [0, 0.05) is 38.0 Å².